The van der Waals surface area contributed by atoms with Crippen molar-refractivity contribution in [3.8, 4) is 5.82 Å². The third-order valence-electron chi connectivity index (χ3n) is 7.22. The molecule has 0 unspecified atom stereocenters. The molecule has 40 heavy (non-hydrogen) atoms. The van der Waals surface area contributed by atoms with Gasteiger partial charge in [0, 0.05) is 57.7 Å². The highest BCUT2D eigenvalue weighted by atomic mass is 16.2. The minimum atomic E-state index is -0.234. The van der Waals surface area contributed by atoms with Crippen LogP contribution < -0.4 is 15.8 Å². The number of hydrogen-bond acceptors (Lipinski definition) is 8. The summed E-state index contributed by atoms with van der Waals surface area (Å²) in [6.45, 7) is 12.1. The van der Waals surface area contributed by atoms with E-state index < -0.39 is 0 Å². The molecule has 208 valence electrons. The zero-order valence-electron chi connectivity index (χ0n) is 23.5. The van der Waals surface area contributed by atoms with E-state index >= 15 is 0 Å². The zero-order chi connectivity index (χ0) is 28.4. The number of nitrogens with one attached hydrogen (secondary N) is 1. The molecule has 1 aliphatic heterocycles. The Balaban J connectivity index is 1.49. The van der Waals surface area contributed by atoms with Gasteiger partial charge in [-0.05, 0) is 49.9 Å². The molecular formula is C29H35N9O2. The standard InChI is InChI=1S/C29H35N9O2/c1-6-12-37-28(40)24-18-30-29(32-22-10-11-25(20(2)17-22)36-15-13-34(4)14-16-36)33-27(24)38(37)26-9-7-8-23(31-26)19-35(5)21(3)39/h6-11,17-18H,1,12-16,19H2,2-5H3,(H,30,32,33). The van der Waals surface area contributed by atoms with Gasteiger partial charge in [0.05, 0.1) is 18.8 Å². The monoisotopic (exact) mass is 541 g/mol. The molecule has 0 spiro atoms. The molecule has 4 aromatic rings. The van der Waals surface area contributed by atoms with Crippen LogP contribution in [0.4, 0.5) is 17.3 Å². The Labute approximate surface area is 233 Å². The predicted molar refractivity (Wildman–Crippen MR) is 157 cm³/mol. The minimum Gasteiger partial charge on any atom is -0.369 e. The van der Waals surface area contributed by atoms with Crippen LogP contribution in [0.1, 0.15) is 18.2 Å². The number of carbonyl (C=O) groups is 1. The Morgan fingerprint density at radius 2 is 1.93 bits per heavy atom. The first-order chi connectivity index (χ1) is 19.2. The summed E-state index contributed by atoms with van der Waals surface area (Å²) < 4.78 is 3.22. The number of carbonyl (C=O) groups excluding carboxylic acids is 1. The summed E-state index contributed by atoms with van der Waals surface area (Å²) in [6, 6.07) is 11.8. The maximum absolute atomic E-state index is 13.3. The second kappa shape index (κ2) is 11.3. The molecular weight excluding hydrogens is 506 g/mol. The molecule has 1 fully saturated rings. The SMILES string of the molecule is C=CCn1c(=O)c2cnc(Nc3ccc(N4CCN(C)CC4)c(C)c3)nc2n1-c1cccc(CN(C)C(C)=O)n1. The molecule has 0 bridgehead atoms. The summed E-state index contributed by atoms with van der Waals surface area (Å²) in [7, 11) is 3.87. The molecule has 11 heteroatoms. The molecule has 1 amide bonds. The van der Waals surface area contributed by atoms with Crippen LogP contribution in [-0.2, 0) is 17.9 Å². The highest BCUT2D eigenvalue weighted by Crippen LogP contribution is 2.26. The van der Waals surface area contributed by atoms with E-state index in [2.05, 4.69) is 52.8 Å². The second-order valence-corrected chi connectivity index (χ2v) is 10.2. The molecule has 1 N–H and O–H groups in total. The van der Waals surface area contributed by atoms with E-state index in [0.29, 0.717) is 35.0 Å². The highest BCUT2D eigenvalue weighted by Gasteiger charge is 2.19. The fourth-order valence-electron chi connectivity index (χ4n) is 4.90. The number of pyridine rings is 1. The summed E-state index contributed by atoms with van der Waals surface area (Å²) in [6.07, 6.45) is 3.20. The van der Waals surface area contributed by atoms with Crippen LogP contribution in [0, 0.1) is 6.92 Å². The van der Waals surface area contributed by atoms with Crippen LogP contribution in [0.5, 0.6) is 0 Å². The molecule has 0 radical (unpaired) electrons. The van der Waals surface area contributed by atoms with Crippen LogP contribution >= 0.6 is 0 Å². The predicted octanol–water partition coefficient (Wildman–Crippen LogP) is 2.95. The summed E-state index contributed by atoms with van der Waals surface area (Å²) in [5, 5.41) is 3.68. The Hall–Kier alpha value is -4.51. The summed E-state index contributed by atoms with van der Waals surface area (Å²) in [5.74, 6) is 0.828. The van der Waals surface area contributed by atoms with Gasteiger partial charge in [0.25, 0.3) is 5.56 Å². The van der Waals surface area contributed by atoms with Gasteiger partial charge in [0.15, 0.2) is 11.5 Å². The highest BCUT2D eigenvalue weighted by molar-refractivity contribution is 5.77. The number of aryl methyl sites for hydroxylation is 1. The van der Waals surface area contributed by atoms with Crippen molar-refractivity contribution in [1.82, 2.24) is 34.1 Å². The molecule has 4 heterocycles. The minimum absolute atomic E-state index is 0.0579. The average Bonchev–Trinajstić information content (AvgIpc) is 3.20. The Kier molecular flexibility index (Phi) is 7.65. The zero-order valence-corrected chi connectivity index (χ0v) is 23.5. The molecule has 11 nitrogen and oxygen atoms in total. The summed E-state index contributed by atoms with van der Waals surface area (Å²) >= 11 is 0. The van der Waals surface area contributed by atoms with Crippen molar-refractivity contribution in [2.75, 3.05) is 50.5 Å². The maximum Gasteiger partial charge on any atom is 0.278 e. The maximum atomic E-state index is 13.3. The number of nitrogens with zero attached hydrogens (tertiary/aromatic N) is 8. The molecule has 0 aliphatic carbocycles. The quantitative estimate of drug-likeness (QED) is 0.340. The number of fused-ring (bicyclic) bond motifs is 1. The molecule has 0 saturated carbocycles. The van der Waals surface area contributed by atoms with E-state index in [4.69, 9.17) is 9.97 Å². The first-order valence-electron chi connectivity index (χ1n) is 13.3. The van der Waals surface area contributed by atoms with Gasteiger partial charge in [0.2, 0.25) is 11.9 Å². The number of rotatable bonds is 8. The number of amides is 1. The third kappa shape index (κ3) is 5.46. The third-order valence-corrected chi connectivity index (χ3v) is 7.22. The first-order valence-corrected chi connectivity index (χ1v) is 13.3. The van der Waals surface area contributed by atoms with Gasteiger partial charge in [-0.15, -0.1) is 6.58 Å². The van der Waals surface area contributed by atoms with Gasteiger partial charge in [-0.1, -0.05) is 12.1 Å². The number of hydrogen-bond donors (Lipinski definition) is 1. The molecule has 1 saturated heterocycles. The van der Waals surface area contributed by atoms with E-state index in [1.54, 1.807) is 28.9 Å². The van der Waals surface area contributed by atoms with Gasteiger partial charge >= 0.3 is 0 Å². The lowest BCUT2D eigenvalue weighted by Gasteiger charge is -2.35. The van der Waals surface area contributed by atoms with Gasteiger partial charge in [0.1, 0.15) is 5.39 Å². The van der Waals surface area contributed by atoms with Crippen LogP contribution in [0.15, 0.2) is 60.0 Å². The van der Waals surface area contributed by atoms with E-state index in [1.807, 2.05) is 24.3 Å². The van der Waals surface area contributed by atoms with Crippen LogP contribution in [0.3, 0.4) is 0 Å². The molecule has 0 atom stereocenters. The molecule has 1 aliphatic rings. The van der Waals surface area contributed by atoms with E-state index in [-0.39, 0.29) is 18.0 Å². The average molecular weight is 542 g/mol. The van der Waals surface area contributed by atoms with Crippen molar-refractivity contribution in [2.45, 2.75) is 26.9 Å². The number of aromatic nitrogens is 5. The fourth-order valence-corrected chi connectivity index (χ4v) is 4.90. The van der Waals surface area contributed by atoms with Crippen molar-refractivity contribution in [3.63, 3.8) is 0 Å². The van der Waals surface area contributed by atoms with Gasteiger partial charge in [-0.2, -0.15) is 4.98 Å². The smallest absolute Gasteiger partial charge is 0.278 e. The van der Waals surface area contributed by atoms with Crippen LogP contribution in [-0.4, -0.2) is 80.3 Å². The van der Waals surface area contributed by atoms with E-state index in [1.165, 1.54) is 22.9 Å². The second-order valence-electron chi connectivity index (χ2n) is 10.2. The van der Waals surface area contributed by atoms with Crippen LogP contribution in [0.25, 0.3) is 16.9 Å². The number of piperazine rings is 1. The van der Waals surface area contributed by atoms with Crippen molar-refractivity contribution in [2.24, 2.45) is 0 Å². The van der Waals surface area contributed by atoms with E-state index in [9.17, 15) is 9.59 Å². The Morgan fingerprint density at radius 3 is 2.62 bits per heavy atom. The van der Waals surface area contributed by atoms with Crippen molar-refractivity contribution >= 4 is 34.3 Å². The number of benzene rings is 1. The summed E-state index contributed by atoms with van der Waals surface area (Å²) in [4.78, 5) is 45.3. The van der Waals surface area contributed by atoms with Crippen molar-refractivity contribution < 1.29 is 4.79 Å². The lowest BCUT2D eigenvalue weighted by Crippen LogP contribution is -2.44. The Bertz CT molecular complexity index is 1620. The molecule has 5 rings (SSSR count). The molecule has 3 aromatic heterocycles. The molecule has 1 aromatic carbocycles. The largest absolute Gasteiger partial charge is 0.369 e. The lowest BCUT2D eigenvalue weighted by molar-refractivity contribution is -0.128. The summed E-state index contributed by atoms with van der Waals surface area (Å²) in [5.41, 5.74) is 4.15. The van der Waals surface area contributed by atoms with Gasteiger partial charge < -0.3 is 20.0 Å². The van der Waals surface area contributed by atoms with Crippen LogP contribution in [0.2, 0.25) is 0 Å². The lowest BCUT2D eigenvalue weighted by atomic mass is 10.1. The Morgan fingerprint density at radius 1 is 1.15 bits per heavy atom. The van der Waals surface area contributed by atoms with E-state index in [0.717, 1.165) is 31.9 Å². The van der Waals surface area contributed by atoms with Crippen molar-refractivity contribution in [1.29, 1.82) is 0 Å². The number of allylic oxidation sites excluding steroid dienone is 1. The number of likely N-dealkylation sites (N-methyl/N-ethyl adjacent to an activating group) is 1. The fraction of sp³-hybridized carbons (Fsp3) is 0.345. The van der Waals surface area contributed by atoms with Gasteiger partial charge in [-0.25, -0.2) is 19.3 Å². The first kappa shape index (κ1) is 27.1. The number of anilines is 3. The van der Waals surface area contributed by atoms with Crippen molar-refractivity contribution in [3.05, 3.63) is 76.9 Å². The normalized spacial score (nSPS) is 13.9. The topological polar surface area (TPSA) is 104 Å². The van der Waals surface area contributed by atoms with Gasteiger partial charge in [-0.3, -0.25) is 9.59 Å².